The number of nitrogens with one attached hydrogen (secondary N) is 2. The smallest absolute Gasteiger partial charge is 0.371 e. The number of carbonyl (C=O) groups is 3. The summed E-state index contributed by atoms with van der Waals surface area (Å²) < 4.78 is 19.8. The number of amides is 2. The van der Waals surface area contributed by atoms with Gasteiger partial charge in [0.2, 0.25) is 5.76 Å². The molecule has 0 unspecified atom stereocenters. The zero-order valence-corrected chi connectivity index (χ0v) is 45.3. The summed E-state index contributed by atoms with van der Waals surface area (Å²) in [6.07, 6.45) is 0. The Balaban J connectivity index is 0.000000336. The van der Waals surface area contributed by atoms with Gasteiger partial charge in [-0.1, -0.05) is 105 Å². The van der Waals surface area contributed by atoms with Crippen molar-refractivity contribution in [1.82, 2.24) is 0 Å². The van der Waals surface area contributed by atoms with E-state index >= 15 is 0 Å². The third-order valence-corrected chi connectivity index (χ3v) is 10.4. The minimum absolute atomic E-state index is 0.0000694. The standard InChI is InChI=1S/C16H18N4O2.C16H18N2O4.C9H12O3.C7H8N2O2.C3H9N3Si/c1-10-5-6-11(9-12(10)19-20-17)18-15(21)13-7-8-14(22-13)16(2,3)4;1-10-5-6-11(9-12(10)18(20)21)17-15(19)13-7-8-14(22-13)16(2,3)4;1-9(2,3)7-5-4-6(12-7)8(10)11;1-5-2-3-6(8)4-7(5)9(10)11;1-7(2,3)6-5-4/h5-9H,1-4H3,(H,18,21);5-9H,1-4H3,(H,17,19);4-5H,1-3H3,(H,10,11);2-4H,8H2,1H3;1-3H3. The topological polar surface area (TPSA) is 345 Å². The molecule has 0 fully saturated rings. The average molecular weight is 1040 g/mol. The Hall–Kier alpha value is -8.65. The fourth-order valence-corrected chi connectivity index (χ4v) is 5.92. The van der Waals surface area contributed by atoms with Gasteiger partial charge in [-0.05, 0) is 103 Å². The molecule has 394 valence electrons. The first-order valence-corrected chi connectivity index (χ1v) is 26.2. The van der Waals surface area contributed by atoms with Gasteiger partial charge in [0.25, 0.3) is 23.2 Å². The quantitative estimate of drug-likeness (QED) is 0.0200. The molecule has 0 saturated carbocycles. The third kappa shape index (κ3) is 20.2. The molecular formula is C51H65N11O11Si. The van der Waals surface area contributed by atoms with E-state index in [0.29, 0.717) is 45.4 Å². The van der Waals surface area contributed by atoms with Crippen molar-refractivity contribution in [2.75, 3.05) is 16.4 Å². The second kappa shape index (κ2) is 26.2. The van der Waals surface area contributed by atoms with Crippen LogP contribution in [0.1, 0.15) is 128 Å². The normalized spacial score (nSPS) is 10.9. The van der Waals surface area contributed by atoms with Crippen LogP contribution in [-0.2, 0) is 16.2 Å². The van der Waals surface area contributed by atoms with E-state index in [4.69, 9.17) is 35.2 Å². The van der Waals surface area contributed by atoms with Crippen LogP contribution in [0.25, 0.3) is 20.9 Å². The number of carbonyl (C=O) groups excluding carboxylic acids is 2. The highest BCUT2D eigenvalue weighted by Gasteiger charge is 2.23. The molecule has 0 aliphatic heterocycles. The van der Waals surface area contributed by atoms with Crippen LogP contribution in [0.3, 0.4) is 0 Å². The number of benzene rings is 3. The maximum atomic E-state index is 12.2. The number of nitrogen functional groups attached to an aromatic ring is 1. The predicted octanol–water partition coefficient (Wildman–Crippen LogP) is 15.0. The summed E-state index contributed by atoms with van der Waals surface area (Å²) in [5.41, 5.74) is 25.2. The molecule has 0 bridgehead atoms. The van der Waals surface area contributed by atoms with Gasteiger partial charge < -0.3 is 34.7 Å². The first-order chi connectivity index (χ1) is 34.1. The van der Waals surface area contributed by atoms with Crippen LogP contribution in [0.15, 0.2) is 114 Å². The molecule has 23 heteroatoms. The third-order valence-electron chi connectivity index (χ3n) is 9.75. The number of azide groups is 2. The zero-order chi connectivity index (χ0) is 56.5. The fraction of sp³-hybridized carbons (Fsp3) is 0.353. The van der Waals surface area contributed by atoms with Crippen LogP contribution in [0.4, 0.5) is 34.1 Å². The molecule has 0 saturated heterocycles. The molecule has 3 aromatic carbocycles. The van der Waals surface area contributed by atoms with Crippen LogP contribution in [-0.4, -0.2) is 41.0 Å². The summed E-state index contributed by atoms with van der Waals surface area (Å²) in [4.78, 5) is 60.6. The van der Waals surface area contributed by atoms with Crippen molar-refractivity contribution in [2.45, 2.75) is 119 Å². The van der Waals surface area contributed by atoms with Crippen LogP contribution in [0.5, 0.6) is 0 Å². The minimum atomic E-state index is -1.45. The Labute approximate surface area is 430 Å². The van der Waals surface area contributed by atoms with Crippen molar-refractivity contribution in [2.24, 2.45) is 9.89 Å². The molecule has 2 amide bonds. The molecule has 0 aliphatic carbocycles. The van der Waals surface area contributed by atoms with E-state index in [9.17, 15) is 34.6 Å². The molecule has 3 aromatic heterocycles. The molecule has 22 nitrogen and oxygen atoms in total. The number of carboxylic acid groups (broad SMARTS) is 1. The van der Waals surface area contributed by atoms with Crippen LogP contribution >= 0.6 is 0 Å². The SMILES string of the molecule is CC(C)(C)c1ccc(C(=O)O)o1.C[Si](C)(C)N=[N+]=[N-].Cc1ccc(N)cc1[N+](=O)[O-].Cc1ccc(NC(=O)c2ccc(C(C)(C)C)o2)cc1N=[N+]=[N-].Cc1ccc(NC(=O)c2ccc(C(C)(C)C)o2)cc1[N+](=O)[O-]. The van der Waals surface area contributed by atoms with E-state index in [1.165, 1.54) is 18.2 Å². The first kappa shape index (κ1) is 61.5. The van der Waals surface area contributed by atoms with Crippen molar-refractivity contribution < 1.29 is 42.6 Å². The van der Waals surface area contributed by atoms with Gasteiger partial charge in [0.15, 0.2) is 11.5 Å². The molecule has 0 spiro atoms. The summed E-state index contributed by atoms with van der Waals surface area (Å²) >= 11 is 0. The lowest BCUT2D eigenvalue weighted by molar-refractivity contribution is -0.385. The van der Waals surface area contributed by atoms with Gasteiger partial charge in [-0.3, -0.25) is 29.8 Å². The molecule has 74 heavy (non-hydrogen) atoms. The van der Waals surface area contributed by atoms with Crippen molar-refractivity contribution in [3.05, 3.63) is 183 Å². The second-order valence-electron chi connectivity index (χ2n) is 20.6. The number of nitrogens with zero attached hydrogens (tertiary/aromatic N) is 8. The Morgan fingerprint density at radius 1 is 0.595 bits per heavy atom. The lowest BCUT2D eigenvalue weighted by atomic mass is 9.94. The summed E-state index contributed by atoms with van der Waals surface area (Å²) in [6.45, 7) is 29.0. The zero-order valence-electron chi connectivity index (χ0n) is 44.3. The van der Waals surface area contributed by atoms with Gasteiger partial charge >= 0.3 is 5.97 Å². The Bertz CT molecular complexity index is 2930. The summed E-state index contributed by atoms with van der Waals surface area (Å²) in [6, 6.07) is 24.3. The molecule has 3 heterocycles. The number of carboxylic acids is 1. The maximum Gasteiger partial charge on any atom is 0.371 e. The number of aromatic carboxylic acids is 1. The number of nitro benzene ring substituents is 2. The molecular weight excluding hydrogens is 971 g/mol. The lowest BCUT2D eigenvalue weighted by Gasteiger charge is -2.14. The van der Waals surface area contributed by atoms with Crippen molar-refractivity contribution in [3.8, 4) is 0 Å². The van der Waals surface area contributed by atoms with E-state index in [1.807, 2.05) is 88.9 Å². The summed E-state index contributed by atoms with van der Waals surface area (Å²) in [7, 11) is -1.45. The molecule has 0 aliphatic rings. The van der Waals surface area contributed by atoms with Gasteiger partial charge in [0.1, 0.15) is 25.5 Å². The molecule has 6 aromatic rings. The van der Waals surface area contributed by atoms with Crippen molar-refractivity contribution >= 4 is 60.1 Å². The minimum Gasteiger partial charge on any atom is -0.475 e. The first-order valence-electron chi connectivity index (χ1n) is 22.7. The average Bonchev–Trinajstić information content (AvgIpc) is 4.09. The number of nitro groups is 2. The molecule has 6 rings (SSSR count). The Morgan fingerprint density at radius 3 is 1.30 bits per heavy atom. The molecule has 0 radical (unpaired) electrons. The van der Waals surface area contributed by atoms with E-state index in [1.54, 1.807) is 86.6 Å². The van der Waals surface area contributed by atoms with Crippen molar-refractivity contribution in [1.29, 1.82) is 0 Å². The number of hydrogen-bond donors (Lipinski definition) is 4. The number of rotatable bonds is 9. The van der Waals surface area contributed by atoms with Gasteiger partial charge in [-0.25, -0.2) is 4.79 Å². The van der Waals surface area contributed by atoms with Crippen LogP contribution in [0.2, 0.25) is 19.6 Å². The highest BCUT2D eigenvalue weighted by atomic mass is 28.3. The largest absolute Gasteiger partial charge is 0.475 e. The second-order valence-corrected chi connectivity index (χ2v) is 25.1. The van der Waals surface area contributed by atoms with E-state index in [0.717, 1.165) is 11.3 Å². The number of anilines is 3. The predicted molar refractivity (Wildman–Crippen MR) is 288 cm³/mol. The van der Waals surface area contributed by atoms with Crippen molar-refractivity contribution in [3.63, 3.8) is 0 Å². The Morgan fingerprint density at radius 2 is 0.973 bits per heavy atom. The number of hydrogen-bond acceptors (Lipinski definition) is 13. The van der Waals surface area contributed by atoms with Crippen LogP contribution < -0.4 is 16.4 Å². The Kier molecular flexibility index (Phi) is 21.7. The number of aryl methyl sites for hydroxylation is 3. The highest BCUT2D eigenvalue weighted by Crippen LogP contribution is 2.29. The van der Waals surface area contributed by atoms with Gasteiger partial charge in [-0.15, -0.1) is 4.78 Å². The van der Waals surface area contributed by atoms with E-state index < -0.39 is 30.0 Å². The fourth-order valence-electron chi connectivity index (χ4n) is 5.65. The van der Waals surface area contributed by atoms with E-state index in [2.05, 4.69) is 30.4 Å². The maximum absolute atomic E-state index is 12.2. The van der Waals surface area contributed by atoms with Gasteiger partial charge in [0, 0.05) is 67.2 Å². The van der Waals surface area contributed by atoms with Gasteiger partial charge in [0.05, 0.1) is 9.85 Å². The number of furan rings is 3. The highest BCUT2D eigenvalue weighted by molar-refractivity contribution is 6.74. The monoisotopic (exact) mass is 1040 g/mol. The molecule has 5 N–H and O–H groups in total. The lowest BCUT2D eigenvalue weighted by Crippen LogP contribution is -2.13. The summed E-state index contributed by atoms with van der Waals surface area (Å²) in [5, 5.41) is 38.7. The number of nitrogens with two attached hydrogens (primary N) is 1. The van der Waals surface area contributed by atoms with E-state index in [-0.39, 0.29) is 50.8 Å². The molecule has 0 atom stereocenters. The summed E-state index contributed by atoms with van der Waals surface area (Å²) in [5.74, 6) is 0.762. The van der Waals surface area contributed by atoms with Crippen LogP contribution in [0, 0.1) is 41.0 Å². The van der Waals surface area contributed by atoms with Gasteiger partial charge in [-0.2, -0.15) is 0 Å².